The molecule has 4 heteroatoms. The number of nitrogens with two attached hydrogens (primary N) is 1. The van der Waals surface area contributed by atoms with Gasteiger partial charge in [0.05, 0.1) is 25.6 Å². The van der Waals surface area contributed by atoms with Gasteiger partial charge in [0.15, 0.2) is 0 Å². The number of anilines is 1. The van der Waals surface area contributed by atoms with Crippen LogP contribution in [0.3, 0.4) is 0 Å². The average Bonchev–Trinajstić information content (AvgIpc) is 2.14. The molecule has 0 aromatic heterocycles. The molecule has 2 N–H and O–H groups in total. The van der Waals surface area contributed by atoms with Crippen molar-refractivity contribution in [2.45, 2.75) is 11.0 Å². The number of rotatable bonds is 4. The second kappa shape index (κ2) is 4.77. The van der Waals surface area contributed by atoms with Crippen molar-refractivity contribution in [3.05, 3.63) is 23.8 Å². The molecule has 0 unspecified atom stereocenters. The molecule has 0 aliphatic carbocycles. The van der Waals surface area contributed by atoms with Crippen molar-refractivity contribution in [3.8, 4) is 5.75 Å². The van der Waals surface area contributed by atoms with Crippen LogP contribution in [0.25, 0.3) is 0 Å². The molecule has 1 aliphatic rings. The van der Waals surface area contributed by atoms with Gasteiger partial charge in [-0.05, 0) is 17.7 Å². The first-order chi connectivity index (χ1) is 7.28. The third-order valence-corrected chi connectivity index (χ3v) is 3.56. The van der Waals surface area contributed by atoms with Crippen molar-refractivity contribution < 1.29 is 9.47 Å². The molecule has 2 rings (SSSR count). The molecule has 0 bridgehead atoms. The van der Waals surface area contributed by atoms with Gasteiger partial charge in [0.2, 0.25) is 0 Å². The molecular weight excluding hydrogens is 210 g/mol. The van der Waals surface area contributed by atoms with Crippen LogP contribution in [0.4, 0.5) is 5.69 Å². The van der Waals surface area contributed by atoms with Gasteiger partial charge in [0.1, 0.15) is 5.75 Å². The van der Waals surface area contributed by atoms with E-state index in [4.69, 9.17) is 15.2 Å². The molecule has 1 aromatic rings. The first-order valence-electron chi connectivity index (χ1n) is 4.90. The fourth-order valence-corrected chi connectivity index (χ4v) is 2.39. The number of benzene rings is 1. The van der Waals surface area contributed by atoms with Gasteiger partial charge in [-0.1, -0.05) is 0 Å². The van der Waals surface area contributed by atoms with Gasteiger partial charge in [-0.25, -0.2) is 0 Å². The number of hydrogen-bond donors (Lipinski definition) is 1. The monoisotopic (exact) mass is 225 g/mol. The third-order valence-electron chi connectivity index (χ3n) is 2.32. The van der Waals surface area contributed by atoms with Crippen LogP contribution in [0, 0.1) is 0 Å². The summed E-state index contributed by atoms with van der Waals surface area (Å²) in [4.78, 5) is 0. The van der Waals surface area contributed by atoms with E-state index in [0.29, 0.717) is 5.25 Å². The van der Waals surface area contributed by atoms with Gasteiger partial charge in [0.25, 0.3) is 0 Å². The molecule has 3 nitrogen and oxygen atoms in total. The van der Waals surface area contributed by atoms with Gasteiger partial charge in [0, 0.05) is 17.5 Å². The molecule has 0 atom stereocenters. The molecule has 1 heterocycles. The van der Waals surface area contributed by atoms with Gasteiger partial charge < -0.3 is 15.2 Å². The summed E-state index contributed by atoms with van der Waals surface area (Å²) < 4.78 is 10.3. The SMILES string of the molecule is COc1cc(N)cc(CSC2COC2)c1. The van der Waals surface area contributed by atoms with Crippen LogP contribution < -0.4 is 10.5 Å². The van der Waals surface area contributed by atoms with Crippen molar-refractivity contribution in [1.29, 1.82) is 0 Å². The van der Waals surface area contributed by atoms with Crippen molar-refractivity contribution in [1.82, 2.24) is 0 Å². The zero-order valence-corrected chi connectivity index (χ0v) is 9.55. The van der Waals surface area contributed by atoms with E-state index >= 15 is 0 Å². The first-order valence-corrected chi connectivity index (χ1v) is 5.95. The van der Waals surface area contributed by atoms with E-state index in [2.05, 4.69) is 0 Å². The van der Waals surface area contributed by atoms with Gasteiger partial charge in [-0.3, -0.25) is 0 Å². The maximum atomic E-state index is 5.77. The van der Waals surface area contributed by atoms with Crippen molar-refractivity contribution >= 4 is 17.4 Å². The smallest absolute Gasteiger partial charge is 0.121 e. The lowest BCUT2D eigenvalue weighted by molar-refractivity contribution is 0.0455. The molecule has 1 aromatic carbocycles. The lowest BCUT2D eigenvalue weighted by atomic mass is 10.2. The standard InChI is InChI=1S/C11H15NO2S/c1-13-10-3-8(2-9(12)4-10)7-15-11-5-14-6-11/h2-4,11H,5-7,12H2,1H3. The Balaban J connectivity index is 1.96. The van der Waals surface area contributed by atoms with Crippen LogP contribution in [-0.4, -0.2) is 25.6 Å². The van der Waals surface area contributed by atoms with Gasteiger partial charge in [-0.2, -0.15) is 0 Å². The highest BCUT2D eigenvalue weighted by atomic mass is 32.2. The van der Waals surface area contributed by atoms with Crippen LogP contribution in [0.2, 0.25) is 0 Å². The lowest BCUT2D eigenvalue weighted by Crippen LogP contribution is -2.30. The summed E-state index contributed by atoms with van der Waals surface area (Å²) in [5.41, 5.74) is 7.74. The Bertz CT molecular complexity index is 339. The van der Waals surface area contributed by atoms with E-state index in [1.807, 2.05) is 30.0 Å². The molecule has 1 saturated heterocycles. The summed E-state index contributed by atoms with van der Waals surface area (Å²) in [6.07, 6.45) is 0. The summed E-state index contributed by atoms with van der Waals surface area (Å²) in [6, 6.07) is 5.86. The maximum Gasteiger partial charge on any atom is 0.121 e. The van der Waals surface area contributed by atoms with E-state index in [1.165, 1.54) is 5.56 Å². The Labute approximate surface area is 93.9 Å². The Morgan fingerprint density at radius 2 is 2.27 bits per heavy atom. The first kappa shape index (κ1) is 10.6. The van der Waals surface area contributed by atoms with Crippen LogP contribution >= 0.6 is 11.8 Å². The minimum Gasteiger partial charge on any atom is -0.497 e. The number of ether oxygens (including phenoxy) is 2. The quantitative estimate of drug-likeness (QED) is 0.795. The topological polar surface area (TPSA) is 44.5 Å². The molecular formula is C11H15NO2S. The van der Waals surface area contributed by atoms with E-state index in [9.17, 15) is 0 Å². The van der Waals surface area contributed by atoms with Crippen LogP contribution in [0.5, 0.6) is 5.75 Å². The molecule has 1 fully saturated rings. The Morgan fingerprint density at radius 3 is 2.87 bits per heavy atom. The zero-order chi connectivity index (χ0) is 10.7. The normalized spacial score (nSPS) is 16.1. The number of hydrogen-bond acceptors (Lipinski definition) is 4. The highest BCUT2D eigenvalue weighted by molar-refractivity contribution is 7.99. The predicted molar refractivity (Wildman–Crippen MR) is 63.3 cm³/mol. The van der Waals surface area contributed by atoms with Crippen LogP contribution in [0.1, 0.15) is 5.56 Å². The second-order valence-corrected chi connectivity index (χ2v) is 4.87. The van der Waals surface area contributed by atoms with E-state index in [1.54, 1.807) is 7.11 Å². The minimum atomic E-state index is 0.650. The predicted octanol–water partition coefficient (Wildman–Crippen LogP) is 1.91. The fraction of sp³-hybridized carbons (Fsp3) is 0.455. The highest BCUT2D eigenvalue weighted by Crippen LogP contribution is 2.26. The lowest BCUT2D eigenvalue weighted by Gasteiger charge is -2.25. The highest BCUT2D eigenvalue weighted by Gasteiger charge is 2.18. The molecule has 0 saturated carbocycles. The number of nitrogen functional groups attached to an aromatic ring is 1. The molecule has 1 aliphatic heterocycles. The largest absolute Gasteiger partial charge is 0.497 e. The number of methoxy groups -OCH3 is 1. The second-order valence-electron chi connectivity index (χ2n) is 3.58. The van der Waals surface area contributed by atoms with Gasteiger partial charge >= 0.3 is 0 Å². The Kier molecular flexibility index (Phi) is 3.38. The minimum absolute atomic E-state index is 0.650. The fourth-order valence-electron chi connectivity index (χ4n) is 1.41. The summed E-state index contributed by atoms with van der Waals surface area (Å²) in [6.45, 7) is 1.76. The Morgan fingerprint density at radius 1 is 1.47 bits per heavy atom. The summed E-state index contributed by atoms with van der Waals surface area (Å²) >= 11 is 1.91. The molecule has 0 amide bonds. The molecule has 82 valence electrons. The van der Waals surface area contributed by atoms with E-state index in [0.717, 1.165) is 30.4 Å². The zero-order valence-electron chi connectivity index (χ0n) is 8.73. The molecule has 0 spiro atoms. The number of thioether (sulfide) groups is 1. The van der Waals surface area contributed by atoms with Crippen molar-refractivity contribution in [3.63, 3.8) is 0 Å². The third kappa shape index (κ3) is 2.79. The van der Waals surface area contributed by atoms with Crippen molar-refractivity contribution in [2.75, 3.05) is 26.1 Å². The van der Waals surface area contributed by atoms with E-state index < -0.39 is 0 Å². The molecule has 15 heavy (non-hydrogen) atoms. The summed E-state index contributed by atoms with van der Waals surface area (Å²) in [5, 5.41) is 0.650. The maximum absolute atomic E-state index is 5.77. The summed E-state index contributed by atoms with van der Waals surface area (Å²) in [5.74, 6) is 1.80. The average molecular weight is 225 g/mol. The van der Waals surface area contributed by atoms with Crippen LogP contribution in [-0.2, 0) is 10.5 Å². The summed E-state index contributed by atoms with van der Waals surface area (Å²) in [7, 11) is 1.66. The van der Waals surface area contributed by atoms with Crippen molar-refractivity contribution in [2.24, 2.45) is 0 Å². The Hall–Kier alpha value is -0.870. The molecule has 0 radical (unpaired) electrons. The van der Waals surface area contributed by atoms with Crippen LogP contribution in [0.15, 0.2) is 18.2 Å². The van der Waals surface area contributed by atoms with E-state index in [-0.39, 0.29) is 0 Å². The van der Waals surface area contributed by atoms with Gasteiger partial charge in [-0.15, -0.1) is 11.8 Å².